The van der Waals surface area contributed by atoms with Gasteiger partial charge in [-0.3, -0.25) is 4.79 Å². The Morgan fingerprint density at radius 2 is 1.56 bits per heavy atom. The number of ketones is 1. The highest BCUT2D eigenvalue weighted by atomic mass is 35.5. The molecule has 0 atom stereocenters. The minimum atomic E-state index is -2.20. The molecule has 0 saturated carbocycles. The van der Waals surface area contributed by atoms with E-state index in [1.807, 2.05) is 0 Å². The lowest BCUT2D eigenvalue weighted by molar-refractivity contribution is -0.132. The smallest absolute Gasteiger partial charge is 0.341 e. The number of rotatable bonds is 8. The molecule has 0 aliphatic rings. The fourth-order valence-electron chi connectivity index (χ4n) is 1.79. The molecule has 9 heteroatoms. The molecule has 0 bridgehead atoms. The first kappa shape index (κ1) is 22.4. The summed E-state index contributed by atoms with van der Waals surface area (Å²) in [6.07, 6.45) is 3.68. The highest BCUT2D eigenvalue weighted by Crippen LogP contribution is 2.21. The summed E-state index contributed by atoms with van der Waals surface area (Å²) in [6, 6.07) is 0.109. The number of carboxylic acids is 1. The predicted molar refractivity (Wildman–Crippen MR) is 85.5 cm³/mol. The van der Waals surface area contributed by atoms with Crippen molar-refractivity contribution in [3.8, 4) is 0 Å². The van der Waals surface area contributed by atoms with E-state index in [-0.39, 0.29) is 31.6 Å². The van der Waals surface area contributed by atoms with Crippen LogP contribution in [0.2, 0.25) is 0 Å². The predicted octanol–water partition coefficient (Wildman–Crippen LogP) is 3.49. The maximum atomic E-state index is 13.7. The third-order valence-corrected chi connectivity index (χ3v) is 2.86. The number of nitrogens with zero attached hydrogens (tertiary/aromatic N) is 1. The Bertz CT molecular complexity index is 725. The van der Waals surface area contributed by atoms with E-state index < -0.39 is 46.2 Å². The molecule has 1 N–H and O–H groups in total. The van der Waals surface area contributed by atoms with Gasteiger partial charge in [-0.2, -0.15) is 0 Å². The van der Waals surface area contributed by atoms with Crippen LogP contribution in [0.1, 0.15) is 10.4 Å². The van der Waals surface area contributed by atoms with E-state index in [9.17, 15) is 27.2 Å². The quantitative estimate of drug-likeness (QED) is 0.110. The third kappa shape index (κ3) is 5.18. The fraction of sp³-hybridized carbons (Fsp3) is 0.125. The van der Waals surface area contributed by atoms with Crippen LogP contribution in [0, 0.1) is 23.3 Å². The molecule has 0 radical (unpaired) electrons. The molecule has 0 heterocycles. The first-order valence-electron chi connectivity index (χ1n) is 6.53. The number of carboxylic acid groups (broad SMARTS) is 1. The summed E-state index contributed by atoms with van der Waals surface area (Å²) in [7, 11) is 0. The molecule has 0 spiro atoms. The number of carbonyl (C=O) groups is 2. The maximum Gasteiger partial charge on any atom is 0.341 e. The van der Waals surface area contributed by atoms with Crippen molar-refractivity contribution in [2.45, 2.75) is 0 Å². The molecule has 4 nitrogen and oxygen atoms in total. The number of aliphatic carboxylic acids is 1. The molecule has 0 aromatic heterocycles. The zero-order valence-corrected chi connectivity index (χ0v) is 13.6. The van der Waals surface area contributed by atoms with E-state index in [1.54, 1.807) is 0 Å². The Labute approximate surface area is 147 Å². The molecule has 0 unspecified atom stereocenters. The molecule has 1 aromatic carbocycles. The van der Waals surface area contributed by atoms with Crippen molar-refractivity contribution in [3.05, 3.63) is 72.0 Å². The van der Waals surface area contributed by atoms with Gasteiger partial charge in [-0.05, 0) is 6.07 Å². The molecule has 0 aliphatic heterocycles. The molecule has 1 rings (SSSR count). The highest BCUT2D eigenvalue weighted by Gasteiger charge is 2.28. The number of halogens is 5. The molecule has 1 aromatic rings. The van der Waals surface area contributed by atoms with Crippen molar-refractivity contribution in [2.75, 3.05) is 13.1 Å². The van der Waals surface area contributed by atoms with Crippen molar-refractivity contribution in [3.63, 3.8) is 0 Å². The summed E-state index contributed by atoms with van der Waals surface area (Å²) in [5, 5.41) is 9.12. The van der Waals surface area contributed by atoms with Crippen molar-refractivity contribution < 1.29 is 32.3 Å². The van der Waals surface area contributed by atoms with Crippen molar-refractivity contribution >= 4 is 24.2 Å². The van der Waals surface area contributed by atoms with Crippen molar-refractivity contribution in [2.24, 2.45) is 0 Å². The Kier molecular flexibility index (Phi) is 8.62. The zero-order valence-electron chi connectivity index (χ0n) is 12.8. The monoisotopic (exact) mass is 379 g/mol. The first-order valence-corrected chi connectivity index (χ1v) is 6.53. The van der Waals surface area contributed by atoms with Gasteiger partial charge in [-0.1, -0.05) is 12.2 Å². The van der Waals surface area contributed by atoms with E-state index in [1.165, 1.54) is 17.1 Å². The summed E-state index contributed by atoms with van der Waals surface area (Å²) in [4.78, 5) is 24.7. The van der Waals surface area contributed by atoms with Crippen LogP contribution in [-0.2, 0) is 4.79 Å². The van der Waals surface area contributed by atoms with Crippen LogP contribution in [-0.4, -0.2) is 34.8 Å². The fourth-order valence-corrected chi connectivity index (χ4v) is 1.79. The van der Waals surface area contributed by atoms with Gasteiger partial charge < -0.3 is 10.0 Å². The number of benzene rings is 1. The van der Waals surface area contributed by atoms with Crippen LogP contribution in [0.3, 0.4) is 0 Å². The lowest BCUT2D eigenvalue weighted by Gasteiger charge is -2.17. The Morgan fingerprint density at radius 1 is 1.04 bits per heavy atom. The number of hydrogen-bond acceptors (Lipinski definition) is 3. The molecular formula is C16H14ClF4NO3. The van der Waals surface area contributed by atoms with E-state index in [0.717, 1.165) is 6.20 Å². The Morgan fingerprint density at radius 3 is 2.00 bits per heavy atom. The molecular weight excluding hydrogens is 366 g/mol. The molecule has 136 valence electrons. The minimum absolute atomic E-state index is 0. The molecule has 0 fully saturated rings. The van der Waals surface area contributed by atoms with E-state index in [0.29, 0.717) is 0 Å². The molecule has 0 amide bonds. The SMILES string of the molecule is C=CCN(C=C(C(=O)O)C(=O)c1cc(F)c(F)c(F)c1F)CC=C.Cl. The summed E-state index contributed by atoms with van der Waals surface area (Å²) >= 11 is 0. The van der Waals surface area contributed by atoms with Crippen LogP contribution >= 0.6 is 12.4 Å². The van der Waals surface area contributed by atoms with Crippen LogP contribution in [0.15, 0.2) is 43.1 Å². The first-order chi connectivity index (χ1) is 11.2. The number of hydrogen-bond donors (Lipinski definition) is 1. The van der Waals surface area contributed by atoms with E-state index in [4.69, 9.17) is 5.11 Å². The van der Waals surface area contributed by atoms with Crippen molar-refractivity contribution in [1.29, 1.82) is 0 Å². The summed E-state index contributed by atoms with van der Waals surface area (Å²) in [5.74, 6) is -11.3. The lowest BCUT2D eigenvalue weighted by atomic mass is 10.0. The third-order valence-electron chi connectivity index (χ3n) is 2.86. The summed E-state index contributed by atoms with van der Waals surface area (Å²) in [6.45, 7) is 7.15. The van der Waals surface area contributed by atoms with Gasteiger partial charge >= 0.3 is 5.97 Å². The second-order valence-corrected chi connectivity index (χ2v) is 4.56. The van der Waals surface area contributed by atoms with Crippen LogP contribution < -0.4 is 0 Å². The molecule has 0 aliphatic carbocycles. The second kappa shape index (κ2) is 9.63. The Balaban J connectivity index is 0.00000576. The normalized spacial score (nSPS) is 10.6. The summed E-state index contributed by atoms with van der Waals surface area (Å²) < 4.78 is 53.1. The lowest BCUT2D eigenvalue weighted by Crippen LogP contribution is -2.23. The zero-order chi connectivity index (χ0) is 18.4. The Hall–Kier alpha value is -2.61. The average molecular weight is 380 g/mol. The summed E-state index contributed by atoms with van der Waals surface area (Å²) in [5.41, 5.74) is -2.18. The van der Waals surface area contributed by atoms with E-state index in [2.05, 4.69) is 13.2 Å². The molecule has 25 heavy (non-hydrogen) atoms. The van der Waals surface area contributed by atoms with Crippen LogP contribution in [0.5, 0.6) is 0 Å². The van der Waals surface area contributed by atoms with Gasteiger partial charge in [0.25, 0.3) is 0 Å². The molecule has 0 saturated heterocycles. The van der Waals surface area contributed by atoms with Crippen LogP contribution in [0.25, 0.3) is 0 Å². The largest absolute Gasteiger partial charge is 0.477 e. The van der Waals surface area contributed by atoms with Gasteiger partial charge in [-0.15, -0.1) is 25.6 Å². The van der Waals surface area contributed by atoms with Gasteiger partial charge in [0.2, 0.25) is 5.78 Å². The second-order valence-electron chi connectivity index (χ2n) is 4.56. The maximum absolute atomic E-state index is 13.7. The highest BCUT2D eigenvalue weighted by molar-refractivity contribution is 6.23. The topological polar surface area (TPSA) is 57.6 Å². The van der Waals surface area contributed by atoms with Gasteiger partial charge in [0.15, 0.2) is 23.3 Å². The van der Waals surface area contributed by atoms with Gasteiger partial charge in [0.1, 0.15) is 5.57 Å². The minimum Gasteiger partial charge on any atom is -0.477 e. The average Bonchev–Trinajstić information content (AvgIpc) is 2.53. The number of Topliss-reactive ketones (excluding diaryl/α,β-unsaturated/α-hetero) is 1. The standard InChI is InChI=1S/C16H13F4NO3.ClH/c1-3-5-21(6-4-2)8-10(16(23)24)15(22)9-7-11(17)13(19)14(20)12(9)18;/h3-4,7-8H,1-2,5-6H2,(H,23,24);1H. The van der Waals surface area contributed by atoms with Gasteiger partial charge in [0, 0.05) is 19.3 Å². The van der Waals surface area contributed by atoms with Crippen LogP contribution in [0.4, 0.5) is 17.6 Å². The van der Waals surface area contributed by atoms with Gasteiger partial charge in [-0.25, -0.2) is 22.4 Å². The van der Waals surface area contributed by atoms with Gasteiger partial charge in [0.05, 0.1) is 5.56 Å². The van der Waals surface area contributed by atoms with Crippen molar-refractivity contribution in [1.82, 2.24) is 4.90 Å². The van der Waals surface area contributed by atoms with E-state index >= 15 is 0 Å². The number of carbonyl (C=O) groups excluding carboxylic acids is 1.